The highest BCUT2D eigenvalue weighted by Crippen LogP contribution is 2.67. The molecule has 2 unspecified atom stereocenters. The first kappa shape index (κ1) is 103. The maximum absolute atomic E-state index is 15.2. The second-order valence-corrected chi connectivity index (χ2v) is 42.3. The fraction of sp³-hybridized carbons (Fsp3) is 0.606. The van der Waals surface area contributed by atoms with E-state index in [1.165, 1.54) is 194 Å². The predicted molar refractivity (Wildman–Crippen MR) is 532 cm³/mol. The molecule has 2 spiro atoms. The van der Waals surface area contributed by atoms with Crippen LogP contribution in [-0.4, -0.2) is 177 Å². The lowest BCUT2D eigenvalue weighted by Crippen LogP contribution is -2.69. The molecule has 4 fully saturated rings. The zero-order chi connectivity index (χ0) is 99.2. The molecule has 14 aliphatic heterocycles. The molecule has 0 saturated carbocycles. The number of esters is 6. The Morgan fingerprint density at radius 3 is 1.22 bits per heavy atom. The Morgan fingerprint density at radius 1 is 0.454 bits per heavy atom. The van der Waals surface area contributed by atoms with Gasteiger partial charge in [0.2, 0.25) is 13.6 Å². The van der Waals surface area contributed by atoms with Crippen molar-refractivity contribution in [1.29, 1.82) is 5.26 Å². The minimum atomic E-state index is -1.41. The van der Waals surface area contributed by atoms with Crippen molar-refractivity contribution in [1.82, 2.24) is 31.1 Å². The summed E-state index contributed by atoms with van der Waals surface area (Å²) >= 11 is 2.94. The Bertz CT molecular complexity index is 5710. The van der Waals surface area contributed by atoms with Crippen molar-refractivity contribution in [3.63, 3.8) is 0 Å². The van der Waals surface area contributed by atoms with E-state index in [0.717, 1.165) is 71.9 Å². The van der Waals surface area contributed by atoms with Crippen LogP contribution in [0.2, 0.25) is 0 Å². The van der Waals surface area contributed by atoms with Crippen LogP contribution in [0.1, 0.15) is 331 Å². The van der Waals surface area contributed by atoms with Gasteiger partial charge in [-0.2, -0.15) is 5.26 Å². The fourth-order valence-electron chi connectivity index (χ4n) is 24.4. The van der Waals surface area contributed by atoms with E-state index >= 15 is 9.59 Å². The van der Waals surface area contributed by atoms with Crippen molar-refractivity contribution in [2.45, 2.75) is 343 Å². The van der Waals surface area contributed by atoms with Crippen LogP contribution in [0, 0.1) is 39.0 Å². The number of carbonyl (C=O) groups excluding carboxylic acids is 6. The number of nitrogens with zero attached hydrogens (tertiary/aromatic N) is 3. The molecule has 14 heterocycles. The molecule has 4 saturated heterocycles. The number of phenols is 2. The number of unbranched alkanes of at least 4 members (excludes halogenated alkanes) is 24. The van der Waals surface area contributed by atoms with E-state index in [9.17, 15) is 39.8 Å². The van der Waals surface area contributed by atoms with Gasteiger partial charge in [0.25, 0.3) is 0 Å². The number of aromatic hydroxyl groups is 2. The van der Waals surface area contributed by atoms with E-state index in [4.69, 9.17) is 66.3 Å². The van der Waals surface area contributed by atoms with E-state index in [2.05, 4.69) is 46.1 Å². The first-order valence-electron chi connectivity index (χ1n) is 51.5. The Kier molecular flexibility index (Phi) is 32.8. The van der Waals surface area contributed by atoms with Crippen molar-refractivity contribution in [2.24, 2.45) is 0 Å². The minimum absolute atomic E-state index is 0.0174. The molecular formula is C109H141N7O23S2. The third kappa shape index (κ3) is 20.1. The number of benzene rings is 6. The highest BCUT2D eigenvalue weighted by molar-refractivity contribution is 7.99. The number of thioether (sulfide) groups is 2. The summed E-state index contributed by atoms with van der Waals surface area (Å²) in [5.74, 6) is 1.89. The number of carbonyl (C=O) groups is 6. The summed E-state index contributed by atoms with van der Waals surface area (Å²) in [4.78, 5) is 87.1. The largest absolute Gasteiger partial charge is 0.504 e. The summed E-state index contributed by atoms with van der Waals surface area (Å²) < 4.78 is 85.4. The van der Waals surface area contributed by atoms with E-state index in [-0.39, 0.29) is 67.8 Å². The maximum Gasteiger partial charge on any atom is 0.331 e. The number of hydrogen-bond donors (Lipinski definition) is 7. The Hall–Kier alpha value is -9.95. The van der Waals surface area contributed by atoms with Gasteiger partial charge in [-0.1, -0.05) is 180 Å². The predicted octanol–water partition coefficient (Wildman–Crippen LogP) is 18.1. The summed E-state index contributed by atoms with van der Waals surface area (Å²) in [6.07, 6.45) is 33.1. The van der Waals surface area contributed by atoms with Gasteiger partial charge in [0, 0.05) is 114 Å². The minimum Gasteiger partial charge on any atom is -0.504 e. The topological polar surface area (TPSA) is 371 Å². The molecule has 762 valence electrons. The van der Waals surface area contributed by atoms with Gasteiger partial charge in [0.15, 0.2) is 80.1 Å². The van der Waals surface area contributed by atoms with Crippen LogP contribution in [0.25, 0.3) is 0 Å². The quantitative estimate of drug-likeness (QED) is 0.0109. The smallest absolute Gasteiger partial charge is 0.331 e. The van der Waals surface area contributed by atoms with Gasteiger partial charge >= 0.3 is 35.8 Å². The molecule has 8 bridgehead atoms. The molecule has 0 radical (unpaired) electrons. The van der Waals surface area contributed by atoms with Gasteiger partial charge < -0.3 is 92.3 Å². The first-order valence-corrected chi connectivity index (χ1v) is 53.6. The molecule has 6 aromatic carbocycles. The van der Waals surface area contributed by atoms with Crippen molar-refractivity contribution in [2.75, 3.05) is 79.8 Å². The zero-order valence-electron chi connectivity index (χ0n) is 83.8. The molecule has 141 heavy (non-hydrogen) atoms. The van der Waals surface area contributed by atoms with Crippen LogP contribution >= 0.6 is 23.5 Å². The Morgan fingerprint density at radius 2 is 0.830 bits per heavy atom. The van der Waals surface area contributed by atoms with Crippen molar-refractivity contribution < 1.29 is 110 Å². The average molecular weight is 1980 g/mol. The van der Waals surface area contributed by atoms with E-state index < -0.39 is 100 Å². The van der Waals surface area contributed by atoms with Crippen molar-refractivity contribution in [3.8, 4) is 86.6 Å². The fourth-order valence-corrected chi connectivity index (χ4v) is 27.8. The molecule has 32 heteroatoms. The summed E-state index contributed by atoms with van der Waals surface area (Å²) in [6.45, 7) is 14.9. The van der Waals surface area contributed by atoms with Crippen LogP contribution in [0.3, 0.4) is 0 Å². The van der Waals surface area contributed by atoms with Crippen molar-refractivity contribution in [3.05, 3.63) is 125 Å². The van der Waals surface area contributed by atoms with Gasteiger partial charge in [0.05, 0.1) is 75.2 Å². The summed E-state index contributed by atoms with van der Waals surface area (Å²) in [6, 6.07) is 8.45. The second kappa shape index (κ2) is 45.1. The summed E-state index contributed by atoms with van der Waals surface area (Å²) in [5, 5.41) is 61.2. The molecule has 0 amide bonds. The van der Waals surface area contributed by atoms with Gasteiger partial charge in [-0.3, -0.25) is 39.6 Å². The number of ether oxygens (including phenoxy) is 14. The Labute approximate surface area is 836 Å². The number of phenolic OH excluding ortho intramolecular Hbond substituents is 2. The van der Waals surface area contributed by atoms with Crippen molar-refractivity contribution >= 4 is 59.3 Å². The average Bonchev–Trinajstić information content (AvgIpc) is 1.59. The van der Waals surface area contributed by atoms with Crippen LogP contribution in [0.5, 0.6) is 80.5 Å². The number of aryl methyl sites for hydroxylation is 2. The molecule has 7 N–H and O–H groups in total. The highest BCUT2D eigenvalue weighted by Gasteiger charge is 2.64. The lowest BCUT2D eigenvalue weighted by Gasteiger charge is -2.59. The van der Waals surface area contributed by atoms with Gasteiger partial charge in [0.1, 0.15) is 37.0 Å². The zero-order valence-corrected chi connectivity index (χ0v) is 85.5. The third-order valence-electron chi connectivity index (χ3n) is 31.1. The number of hydrogen-bond acceptors (Lipinski definition) is 32. The monoisotopic (exact) mass is 1980 g/mol. The lowest BCUT2D eigenvalue weighted by atomic mass is 9.72. The van der Waals surface area contributed by atoms with E-state index in [0.29, 0.717) is 176 Å². The normalized spacial score (nSPS) is 24.9. The molecule has 30 nitrogen and oxygen atoms in total. The number of nitriles is 1. The standard InChI is InChI=1S/C55H70N4O11S.C54H71N3O12S/c1-7-8-9-10-11-12-13-14-15-16-17-18-19-20-42(61)70-41-25-34-21-22-57-55(36(34)26-40(41)64-5)29-71-53-45-44(52-51(67-30-68-52)32(3)50(45)69-33(4)60)39(28-66-54(55)63)59-38(27-56)37-24-35-23-31(2)49(65-6)48(62)43(35)46(58-37)47(53)59;1-7-8-9-10-11-12-13-14-15-16-17-18-19-20-40(59)69-39-25-33-21-22-55-54(35(33)26-38(39)63-5)28-70-51-43-42(50-49(66-29-67-50)31(3)48(43)68-32(4)58)37(27-65-53(54)62)57-45(51)44-41-34(24-36(56-44)52(57)61)23-30(2)47(64-6)46(41)60/h23,25-26,37-39,46-47,53,57-58,62H,7-22,24,28-30H2,1-6H3;23,25-26,36-37,44-45,51-52,55-56,60-61H,7-22,24,27-29H2,1-6H3/t37-,38-,39-,46+,47?,53+,55+;36-,37-,44+,45?,51+,52-,54+/m00/s1. The first-order chi connectivity index (χ1) is 68.4. The highest BCUT2D eigenvalue weighted by atomic mass is 32.2. The SMILES string of the molecule is CCCCCCCCCCCCCCCC(=O)Oc1cc2c(cc1OC)[C@@]1(CS[C@@H]3c4c(OC(C)=O)c(C)c5c(c4[C@H](COC1=O)N1C3[C@@H]3N[C@@H](Cc4cc(C)c(OC)c(O)c43)[C@@H]1C#N)OCO5)NCC2.CCCCCCCCCCCCCCCC(=O)Oc1cc2c(cc1OC)[C@@]1(CS[C@@H]3c4c(OC(C)=O)c(C)c5c(c4[C@H](COC1=O)N1C3[C@@H]3N[C@@H](Cc4cc(C)c(OC)c(O)c43)[C@@H]1O)OCO5)NCC2. The molecule has 0 aliphatic carbocycles. The lowest BCUT2D eigenvalue weighted by molar-refractivity contribution is -0.164. The number of methoxy groups -OCH3 is 4. The van der Waals surface area contributed by atoms with E-state index in [1.54, 1.807) is 12.1 Å². The molecule has 6 aromatic rings. The van der Waals surface area contributed by atoms with Crippen LogP contribution < -0.4 is 78.1 Å². The number of aliphatic hydroxyl groups excluding tert-OH is 1. The number of nitrogens with one attached hydrogen (secondary N) is 4. The summed E-state index contributed by atoms with van der Waals surface area (Å²) in [7, 11) is 6.10. The molecule has 20 rings (SSSR count). The van der Waals surface area contributed by atoms with Crippen LogP contribution in [0.15, 0.2) is 36.4 Å². The molecular weight excluding hydrogens is 1840 g/mol. The second-order valence-electron chi connectivity index (χ2n) is 40.1. The number of rotatable bonds is 36. The van der Waals surface area contributed by atoms with E-state index in [1.807, 2.05) is 56.9 Å². The summed E-state index contributed by atoms with van der Waals surface area (Å²) in [5.41, 5.74) is 8.52. The number of aliphatic hydroxyl groups is 1. The number of fused-ring (bicyclic) bond motifs is 18. The maximum atomic E-state index is 15.2. The van der Waals surface area contributed by atoms with Crippen LogP contribution in [-0.2, 0) is 75.0 Å². The van der Waals surface area contributed by atoms with Crippen LogP contribution in [0.4, 0.5) is 0 Å². The molecule has 14 atom stereocenters. The third-order valence-corrected chi connectivity index (χ3v) is 34.0. The molecule has 0 aromatic heterocycles. The van der Waals surface area contributed by atoms with Gasteiger partial charge in [-0.05, 0) is 135 Å². The van der Waals surface area contributed by atoms with Gasteiger partial charge in [-0.15, -0.1) is 23.5 Å². The van der Waals surface area contributed by atoms with Gasteiger partial charge in [-0.25, -0.2) is 9.59 Å². The molecule has 14 aliphatic rings. The Balaban J connectivity index is 0.000000194. The number of piperazine rings is 2.